The van der Waals surface area contributed by atoms with Crippen LogP contribution in [0.25, 0.3) is 0 Å². The molecule has 1 fully saturated rings. The Kier molecular flexibility index (Phi) is 3.22. The quantitative estimate of drug-likeness (QED) is 0.819. The van der Waals surface area contributed by atoms with Crippen molar-refractivity contribution in [1.29, 1.82) is 0 Å². The Morgan fingerprint density at radius 3 is 2.68 bits per heavy atom. The second-order valence-corrected chi connectivity index (χ2v) is 4.58. The van der Waals surface area contributed by atoms with Crippen molar-refractivity contribution in [3.63, 3.8) is 0 Å². The van der Waals surface area contributed by atoms with Crippen molar-refractivity contribution in [2.45, 2.75) is 19.4 Å². The SMILES string of the molecule is Oc1ccc(NCc2nc(N3CCCC3)no2)cc1. The summed E-state index contributed by atoms with van der Waals surface area (Å²) >= 11 is 0. The van der Waals surface area contributed by atoms with Gasteiger partial charge in [0.2, 0.25) is 5.89 Å². The van der Waals surface area contributed by atoms with Crippen LogP contribution in [-0.2, 0) is 6.54 Å². The van der Waals surface area contributed by atoms with Crippen molar-refractivity contribution in [2.24, 2.45) is 0 Å². The van der Waals surface area contributed by atoms with Gasteiger partial charge in [0.25, 0.3) is 5.95 Å². The summed E-state index contributed by atoms with van der Waals surface area (Å²) in [5.74, 6) is 1.50. The lowest BCUT2D eigenvalue weighted by Gasteiger charge is -2.09. The molecule has 0 radical (unpaired) electrons. The number of aromatic hydroxyl groups is 1. The molecule has 0 saturated carbocycles. The first-order chi connectivity index (χ1) is 9.31. The molecule has 0 spiro atoms. The minimum Gasteiger partial charge on any atom is -0.508 e. The van der Waals surface area contributed by atoms with Crippen LogP contribution in [0.3, 0.4) is 0 Å². The predicted octanol–water partition coefficient (Wildman–Crippen LogP) is 1.99. The summed E-state index contributed by atoms with van der Waals surface area (Å²) in [6.45, 7) is 2.49. The fraction of sp³-hybridized carbons (Fsp3) is 0.385. The smallest absolute Gasteiger partial charge is 0.266 e. The third-order valence-corrected chi connectivity index (χ3v) is 3.16. The first kappa shape index (κ1) is 11.8. The average molecular weight is 260 g/mol. The van der Waals surface area contributed by atoms with Crippen molar-refractivity contribution in [2.75, 3.05) is 23.3 Å². The number of phenols is 1. The molecule has 6 nitrogen and oxygen atoms in total. The zero-order valence-electron chi connectivity index (χ0n) is 10.5. The van der Waals surface area contributed by atoms with E-state index < -0.39 is 0 Å². The normalized spacial score (nSPS) is 14.8. The summed E-state index contributed by atoms with van der Waals surface area (Å²) in [4.78, 5) is 6.49. The number of hydrogen-bond donors (Lipinski definition) is 2. The molecule has 1 saturated heterocycles. The Bertz CT molecular complexity index is 532. The Balaban J connectivity index is 1.59. The number of phenolic OH excluding ortho intramolecular Hbond substituents is 1. The largest absolute Gasteiger partial charge is 0.508 e. The van der Waals surface area contributed by atoms with Crippen molar-refractivity contribution >= 4 is 11.6 Å². The van der Waals surface area contributed by atoms with Gasteiger partial charge in [0.15, 0.2) is 0 Å². The first-order valence-corrected chi connectivity index (χ1v) is 6.42. The highest BCUT2D eigenvalue weighted by Gasteiger charge is 2.17. The molecule has 2 aromatic rings. The van der Waals surface area contributed by atoms with Crippen molar-refractivity contribution < 1.29 is 9.63 Å². The molecule has 3 rings (SSSR count). The molecule has 0 amide bonds. The molecule has 6 heteroatoms. The second kappa shape index (κ2) is 5.17. The Hall–Kier alpha value is -2.24. The van der Waals surface area contributed by atoms with E-state index in [1.807, 2.05) is 0 Å². The molecule has 0 atom stereocenters. The summed E-state index contributed by atoms with van der Waals surface area (Å²) < 4.78 is 5.21. The zero-order valence-corrected chi connectivity index (χ0v) is 10.5. The van der Waals surface area contributed by atoms with Gasteiger partial charge in [0.1, 0.15) is 5.75 Å². The number of aromatic nitrogens is 2. The van der Waals surface area contributed by atoms with Gasteiger partial charge in [-0.3, -0.25) is 0 Å². The first-order valence-electron chi connectivity index (χ1n) is 6.42. The van der Waals surface area contributed by atoms with Crippen LogP contribution < -0.4 is 10.2 Å². The van der Waals surface area contributed by atoms with Crippen molar-refractivity contribution in [1.82, 2.24) is 10.1 Å². The molecular formula is C13H16N4O2. The molecule has 0 unspecified atom stereocenters. The maximum Gasteiger partial charge on any atom is 0.266 e. The van der Waals surface area contributed by atoms with Gasteiger partial charge in [-0.15, -0.1) is 0 Å². The number of rotatable bonds is 4. The van der Waals surface area contributed by atoms with E-state index in [-0.39, 0.29) is 5.75 Å². The molecule has 0 aliphatic carbocycles. The summed E-state index contributed by atoms with van der Waals surface area (Å²) in [6, 6.07) is 6.86. The van der Waals surface area contributed by atoms with E-state index >= 15 is 0 Å². The Labute approximate surface area is 111 Å². The Morgan fingerprint density at radius 2 is 1.95 bits per heavy atom. The third-order valence-electron chi connectivity index (χ3n) is 3.16. The minimum absolute atomic E-state index is 0.250. The maximum atomic E-state index is 9.19. The minimum atomic E-state index is 0.250. The van der Waals surface area contributed by atoms with Crippen LogP contribution in [0.2, 0.25) is 0 Å². The highest BCUT2D eigenvalue weighted by atomic mass is 16.5. The third kappa shape index (κ3) is 2.78. The number of nitrogens with one attached hydrogen (secondary N) is 1. The van der Waals surface area contributed by atoms with E-state index in [0.717, 1.165) is 18.8 Å². The van der Waals surface area contributed by atoms with E-state index in [0.29, 0.717) is 18.4 Å². The second-order valence-electron chi connectivity index (χ2n) is 4.58. The maximum absolute atomic E-state index is 9.19. The molecule has 19 heavy (non-hydrogen) atoms. The highest BCUT2D eigenvalue weighted by Crippen LogP contribution is 2.17. The van der Waals surface area contributed by atoms with Gasteiger partial charge in [0.05, 0.1) is 6.54 Å². The lowest BCUT2D eigenvalue weighted by atomic mass is 10.3. The van der Waals surface area contributed by atoms with E-state index in [2.05, 4.69) is 20.4 Å². The standard InChI is InChI=1S/C13H16N4O2/c18-11-5-3-10(4-6-11)14-9-12-15-13(16-19-12)17-7-1-2-8-17/h3-6,14,18H,1-2,7-9H2. The molecule has 1 aromatic heterocycles. The molecule has 0 bridgehead atoms. The van der Waals surface area contributed by atoms with E-state index in [1.54, 1.807) is 24.3 Å². The van der Waals surface area contributed by atoms with Crippen LogP contribution in [0.5, 0.6) is 5.75 Å². The van der Waals surface area contributed by atoms with Gasteiger partial charge >= 0.3 is 0 Å². The fourth-order valence-corrected chi connectivity index (χ4v) is 2.12. The van der Waals surface area contributed by atoms with Crippen molar-refractivity contribution in [3.05, 3.63) is 30.2 Å². The topological polar surface area (TPSA) is 74.4 Å². The highest BCUT2D eigenvalue weighted by molar-refractivity contribution is 5.45. The van der Waals surface area contributed by atoms with E-state index in [1.165, 1.54) is 12.8 Å². The van der Waals surface area contributed by atoms with Crippen LogP contribution in [0.4, 0.5) is 11.6 Å². The van der Waals surface area contributed by atoms with Crippen LogP contribution in [0.15, 0.2) is 28.8 Å². The van der Waals surface area contributed by atoms with Crippen molar-refractivity contribution in [3.8, 4) is 5.75 Å². The molecule has 2 heterocycles. The lowest BCUT2D eigenvalue weighted by Crippen LogP contribution is -2.18. The van der Waals surface area contributed by atoms with Crippen LogP contribution in [0, 0.1) is 0 Å². The number of hydrogen-bond acceptors (Lipinski definition) is 6. The monoisotopic (exact) mass is 260 g/mol. The van der Waals surface area contributed by atoms with Gasteiger partial charge in [-0.1, -0.05) is 0 Å². The van der Waals surface area contributed by atoms with Crippen LogP contribution in [0.1, 0.15) is 18.7 Å². The molecular weight excluding hydrogens is 244 g/mol. The zero-order chi connectivity index (χ0) is 13.1. The predicted molar refractivity (Wildman–Crippen MR) is 71.2 cm³/mol. The fourth-order valence-electron chi connectivity index (χ4n) is 2.12. The van der Waals surface area contributed by atoms with Gasteiger partial charge in [-0.25, -0.2) is 0 Å². The van der Waals surface area contributed by atoms with Gasteiger partial charge in [-0.2, -0.15) is 4.98 Å². The summed E-state index contributed by atoms with van der Waals surface area (Å²) in [5.41, 5.74) is 0.902. The van der Waals surface area contributed by atoms with Gasteiger partial charge < -0.3 is 19.8 Å². The van der Waals surface area contributed by atoms with Gasteiger partial charge in [-0.05, 0) is 42.3 Å². The summed E-state index contributed by atoms with van der Waals surface area (Å²) in [7, 11) is 0. The molecule has 1 aromatic carbocycles. The molecule has 100 valence electrons. The van der Waals surface area contributed by atoms with Gasteiger partial charge in [0, 0.05) is 18.8 Å². The average Bonchev–Trinajstić information content (AvgIpc) is 3.09. The summed E-state index contributed by atoms with van der Waals surface area (Å²) in [6.07, 6.45) is 2.38. The molecule has 1 aliphatic heterocycles. The number of anilines is 2. The number of nitrogens with zero attached hydrogens (tertiary/aromatic N) is 3. The number of benzene rings is 1. The lowest BCUT2D eigenvalue weighted by molar-refractivity contribution is 0.382. The summed E-state index contributed by atoms with van der Waals surface area (Å²) in [5, 5.41) is 16.3. The van der Waals surface area contributed by atoms with E-state index in [4.69, 9.17) is 4.52 Å². The molecule has 2 N–H and O–H groups in total. The van der Waals surface area contributed by atoms with E-state index in [9.17, 15) is 5.11 Å². The Morgan fingerprint density at radius 1 is 1.21 bits per heavy atom. The van der Waals surface area contributed by atoms with Crippen LogP contribution >= 0.6 is 0 Å². The molecule has 1 aliphatic rings. The van der Waals surface area contributed by atoms with Crippen LogP contribution in [-0.4, -0.2) is 28.3 Å².